The van der Waals surface area contributed by atoms with Crippen molar-refractivity contribution in [3.8, 4) is 17.2 Å². The van der Waals surface area contributed by atoms with Crippen LogP contribution in [0.1, 0.15) is 19.4 Å². The standard InChI is InChI=1S/C27H26N2O5/c1-17(2)34-19-15-13-18(14-16-19)28-25-24(20-9-5-7-11-22(20)32-3)26(30)29(27(25)31)21-10-6-8-12-23(21)33-4/h5-17,28H,1-4H3. The maximum absolute atomic E-state index is 13.7. The van der Waals surface area contributed by atoms with Crippen LogP contribution in [0.5, 0.6) is 17.2 Å². The average molecular weight is 459 g/mol. The first-order valence-electron chi connectivity index (χ1n) is 10.9. The number of hydrogen-bond acceptors (Lipinski definition) is 6. The van der Waals surface area contributed by atoms with Crippen LogP contribution in [0.2, 0.25) is 0 Å². The topological polar surface area (TPSA) is 77.1 Å². The van der Waals surface area contributed by atoms with Gasteiger partial charge in [-0.15, -0.1) is 0 Å². The van der Waals surface area contributed by atoms with Crippen molar-refractivity contribution in [2.45, 2.75) is 20.0 Å². The van der Waals surface area contributed by atoms with E-state index in [1.807, 2.05) is 32.0 Å². The zero-order chi connectivity index (χ0) is 24.2. The molecule has 34 heavy (non-hydrogen) atoms. The van der Waals surface area contributed by atoms with Crippen LogP contribution in [0.3, 0.4) is 0 Å². The van der Waals surface area contributed by atoms with Gasteiger partial charge in [0, 0.05) is 11.3 Å². The number of carbonyl (C=O) groups excluding carboxylic acids is 2. The van der Waals surface area contributed by atoms with Crippen molar-refractivity contribution in [2.75, 3.05) is 24.4 Å². The second-order valence-corrected chi connectivity index (χ2v) is 7.88. The summed E-state index contributed by atoms with van der Waals surface area (Å²) in [6.45, 7) is 3.90. The molecule has 0 radical (unpaired) electrons. The number of para-hydroxylation sites is 3. The van der Waals surface area contributed by atoms with E-state index in [2.05, 4.69) is 5.32 Å². The normalized spacial score (nSPS) is 13.5. The smallest absolute Gasteiger partial charge is 0.282 e. The molecule has 3 aromatic carbocycles. The molecular weight excluding hydrogens is 432 g/mol. The van der Waals surface area contributed by atoms with Gasteiger partial charge in [0.2, 0.25) is 0 Å². The molecule has 0 bridgehead atoms. The SMILES string of the molecule is COc1ccccc1C1=C(Nc2ccc(OC(C)C)cc2)C(=O)N(c2ccccc2OC)C1=O. The lowest BCUT2D eigenvalue weighted by Gasteiger charge is -2.18. The molecule has 1 aliphatic heterocycles. The van der Waals surface area contributed by atoms with Crippen LogP contribution in [-0.2, 0) is 9.59 Å². The third-order valence-corrected chi connectivity index (χ3v) is 5.28. The Labute approximate surface area is 198 Å². The Morgan fingerprint density at radius 2 is 1.38 bits per heavy atom. The molecule has 1 heterocycles. The number of nitrogens with zero attached hydrogens (tertiary/aromatic N) is 1. The summed E-state index contributed by atoms with van der Waals surface area (Å²) in [5.74, 6) is 0.656. The van der Waals surface area contributed by atoms with Gasteiger partial charge >= 0.3 is 0 Å². The summed E-state index contributed by atoms with van der Waals surface area (Å²) in [6.07, 6.45) is 0.0436. The van der Waals surface area contributed by atoms with Gasteiger partial charge in [0.15, 0.2) is 0 Å². The van der Waals surface area contributed by atoms with E-state index in [9.17, 15) is 9.59 Å². The van der Waals surface area contributed by atoms with Gasteiger partial charge < -0.3 is 19.5 Å². The van der Waals surface area contributed by atoms with Crippen molar-refractivity contribution in [2.24, 2.45) is 0 Å². The Bertz CT molecular complexity index is 1250. The lowest BCUT2D eigenvalue weighted by atomic mass is 10.0. The predicted octanol–water partition coefficient (Wildman–Crippen LogP) is 4.89. The van der Waals surface area contributed by atoms with Crippen LogP contribution in [0.25, 0.3) is 5.57 Å². The van der Waals surface area contributed by atoms with Gasteiger partial charge in [-0.25, -0.2) is 4.90 Å². The summed E-state index contributed by atoms with van der Waals surface area (Å²) in [5.41, 5.74) is 1.89. The van der Waals surface area contributed by atoms with Gasteiger partial charge in [-0.3, -0.25) is 9.59 Å². The van der Waals surface area contributed by atoms with Crippen molar-refractivity contribution in [1.29, 1.82) is 0 Å². The van der Waals surface area contributed by atoms with Gasteiger partial charge in [-0.2, -0.15) is 0 Å². The summed E-state index contributed by atoms with van der Waals surface area (Å²) in [6, 6.07) is 21.2. The van der Waals surface area contributed by atoms with Crippen LogP contribution in [0.15, 0.2) is 78.5 Å². The number of ether oxygens (including phenoxy) is 3. The molecule has 0 atom stereocenters. The highest BCUT2D eigenvalue weighted by molar-refractivity contribution is 6.46. The Balaban J connectivity index is 1.80. The number of methoxy groups -OCH3 is 2. The molecule has 1 aliphatic rings. The predicted molar refractivity (Wildman–Crippen MR) is 131 cm³/mol. The largest absolute Gasteiger partial charge is 0.496 e. The zero-order valence-corrected chi connectivity index (χ0v) is 19.5. The van der Waals surface area contributed by atoms with E-state index >= 15 is 0 Å². The first-order valence-corrected chi connectivity index (χ1v) is 10.9. The summed E-state index contributed by atoms with van der Waals surface area (Å²) in [5, 5.41) is 3.15. The molecular formula is C27H26N2O5. The first kappa shape index (κ1) is 22.9. The molecule has 1 N–H and O–H groups in total. The van der Waals surface area contributed by atoms with E-state index in [1.54, 1.807) is 54.6 Å². The molecule has 0 unspecified atom stereocenters. The monoisotopic (exact) mass is 458 g/mol. The van der Waals surface area contributed by atoms with Gasteiger partial charge in [0.05, 0.1) is 31.6 Å². The average Bonchev–Trinajstić information content (AvgIpc) is 3.08. The number of carbonyl (C=O) groups is 2. The first-order chi connectivity index (χ1) is 16.4. The minimum atomic E-state index is -0.488. The van der Waals surface area contributed by atoms with E-state index < -0.39 is 11.8 Å². The summed E-state index contributed by atoms with van der Waals surface area (Å²) in [7, 11) is 3.03. The number of anilines is 2. The van der Waals surface area contributed by atoms with Crippen LogP contribution >= 0.6 is 0 Å². The van der Waals surface area contributed by atoms with E-state index in [0.29, 0.717) is 34.2 Å². The van der Waals surface area contributed by atoms with Crippen molar-refractivity contribution >= 4 is 28.8 Å². The summed E-state index contributed by atoms with van der Waals surface area (Å²) < 4.78 is 16.6. The zero-order valence-electron chi connectivity index (χ0n) is 19.5. The highest BCUT2D eigenvalue weighted by Crippen LogP contribution is 2.40. The second kappa shape index (κ2) is 9.70. The molecule has 2 amide bonds. The molecule has 4 rings (SSSR count). The quantitative estimate of drug-likeness (QED) is 0.485. The molecule has 0 spiro atoms. The molecule has 174 valence electrons. The number of amides is 2. The highest BCUT2D eigenvalue weighted by Gasteiger charge is 2.42. The Hall–Kier alpha value is -4.26. The maximum atomic E-state index is 13.7. The van der Waals surface area contributed by atoms with E-state index in [1.165, 1.54) is 14.2 Å². The van der Waals surface area contributed by atoms with Crippen molar-refractivity contribution in [3.63, 3.8) is 0 Å². The number of rotatable bonds is 8. The Morgan fingerprint density at radius 1 is 0.765 bits per heavy atom. The molecule has 0 saturated carbocycles. The molecule has 0 fully saturated rings. The third-order valence-electron chi connectivity index (χ3n) is 5.28. The van der Waals surface area contributed by atoms with E-state index in [0.717, 1.165) is 4.90 Å². The van der Waals surface area contributed by atoms with E-state index in [4.69, 9.17) is 14.2 Å². The van der Waals surface area contributed by atoms with Gasteiger partial charge in [-0.05, 0) is 56.3 Å². The third kappa shape index (κ3) is 4.32. The van der Waals surface area contributed by atoms with E-state index in [-0.39, 0.29) is 17.4 Å². The number of benzene rings is 3. The number of imide groups is 1. The van der Waals surface area contributed by atoms with Crippen molar-refractivity contribution < 1.29 is 23.8 Å². The minimum absolute atomic E-state index is 0.0436. The van der Waals surface area contributed by atoms with Crippen LogP contribution in [0.4, 0.5) is 11.4 Å². The lowest BCUT2D eigenvalue weighted by Crippen LogP contribution is -2.32. The number of nitrogens with one attached hydrogen (secondary N) is 1. The van der Waals surface area contributed by atoms with Crippen LogP contribution < -0.4 is 24.4 Å². The summed E-state index contributed by atoms with van der Waals surface area (Å²) >= 11 is 0. The summed E-state index contributed by atoms with van der Waals surface area (Å²) in [4.78, 5) is 28.5. The fourth-order valence-corrected chi connectivity index (χ4v) is 3.81. The fraction of sp³-hybridized carbons (Fsp3) is 0.185. The molecule has 7 heteroatoms. The maximum Gasteiger partial charge on any atom is 0.282 e. The van der Waals surface area contributed by atoms with Gasteiger partial charge in [-0.1, -0.05) is 30.3 Å². The molecule has 3 aromatic rings. The fourth-order valence-electron chi connectivity index (χ4n) is 3.81. The van der Waals surface area contributed by atoms with Crippen molar-refractivity contribution in [3.05, 3.63) is 84.1 Å². The minimum Gasteiger partial charge on any atom is -0.496 e. The van der Waals surface area contributed by atoms with Gasteiger partial charge in [0.25, 0.3) is 11.8 Å². The highest BCUT2D eigenvalue weighted by atomic mass is 16.5. The lowest BCUT2D eigenvalue weighted by molar-refractivity contribution is -0.120. The van der Waals surface area contributed by atoms with Crippen molar-refractivity contribution in [1.82, 2.24) is 0 Å². The van der Waals surface area contributed by atoms with Crippen LogP contribution in [-0.4, -0.2) is 32.1 Å². The molecule has 0 aromatic heterocycles. The second-order valence-electron chi connectivity index (χ2n) is 7.88. The van der Waals surface area contributed by atoms with Crippen LogP contribution in [0, 0.1) is 0 Å². The van der Waals surface area contributed by atoms with Gasteiger partial charge in [0.1, 0.15) is 22.9 Å². The molecule has 0 aliphatic carbocycles. The number of hydrogen-bond donors (Lipinski definition) is 1. The Morgan fingerprint density at radius 3 is 2.03 bits per heavy atom. The molecule has 7 nitrogen and oxygen atoms in total. The Kier molecular flexibility index (Phi) is 6.54. The molecule has 0 saturated heterocycles.